The lowest BCUT2D eigenvalue weighted by molar-refractivity contribution is 0.0770. The fourth-order valence-electron chi connectivity index (χ4n) is 5.15. The number of carbonyl (C=O) groups is 1. The molecule has 2 aromatic heterocycles. The molecular formula is C29H34N6O2. The van der Waals surface area contributed by atoms with Gasteiger partial charge in [-0.05, 0) is 73.8 Å². The number of aromatic nitrogens is 1. The van der Waals surface area contributed by atoms with Crippen LogP contribution in [0.4, 0.5) is 5.69 Å². The summed E-state index contributed by atoms with van der Waals surface area (Å²) in [5.41, 5.74) is 10.6. The van der Waals surface area contributed by atoms with Crippen molar-refractivity contribution < 1.29 is 9.21 Å². The minimum Gasteiger partial charge on any atom is -0.451 e. The Bertz CT molecular complexity index is 1420. The van der Waals surface area contributed by atoms with Crippen LogP contribution < -0.4 is 10.6 Å². The van der Waals surface area contributed by atoms with Crippen molar-refractivity contribution in [2.24, 2.45) is 5.73 Å². The lowest BCUT2D eigenvalue weighted by Gasteiger charge is -2.36. The molecule has 1 amide bonds. The highest BCUT2D eigenvalue weighted by molar-refractivity contribution is 5.96. The molecule has 8 heteroatoms. The highest BCUT2D eigenvalue weighted by Crippen LogP contribution is 2.27. The Kier molecular flexibility index (Phi) is 7.45. The second-order valence-corrected chi connectivity index (χ2v) is 9.82. The molecule has 1 saturated heterocycles. The molecular weight excluding hydrogens is 464 g/mol. The van der Waals surface area contributed by atoms with Gasteiger partial charge < -0.3 is 24.9 Å². The van der Waals surface area contributed by atoms with Gasteiger partial charge in [-0.3, -0.25) is 9.69 Å². The lowest BCUT2D eigenvalue weighted by atomic mass is 10.1. The van der Waals surface area contributed by atoms with Crippen molar-refractivity contribution in [3.05, 3.63) is 65.5 Å². The number of H-pyrrole nitrogens is 1. The molecule has 0 aliphatic carbocycles. The molecule has 192 valence electrons. The molecule has 0 spiro atoms. The Morgan fingerprint density at radius 2 is 1.97 bits per heavy atom. The van der Waals surface area contributed by atoms with E-state index in [9.17, 15) is 10.1 Å². The number of nitrogens with one attached hydrogen (secondary N) is 1. The number of benzene rings is 2. The van der Waals surface area contributed by atoms with Crippen molar-refractivity contribution in [2.45, 2.75) is 19.3 Å². The maximum absolute atomic E-state index is 12.5. The number of rotatable bonds is 9. The van der Waals surface area contributed by atoms with Crippen molar-refractivity contribution in [2.75, 3.05) is 57.8 Å². The summed E-state index contributed by atoms with van der Waals surface area (Å²) in [7, 11) is 1.74. The Morgan fingerprint density at radius 3 is 2.76 bits per heavy atom. The summed E-state index contributed by atoms with van der Waals surface area (Å²) in [5, 5.41) is 11.3. The SMILES string of the molecule is CN(CCN)C(=O)c1cc2cc(N3CCN(CCCCc4c[nH]c5ccc(C#N)cc45)CC3)ccc2o1. The number of hydrogen-bond donors (Lipinski definition) is 2. The van der Waals surface area contributed by atoms with Crippen molar-refractivity contribution in [3.63, 3.8) is 0 Å². The summed E-state index contributed by atoms with van der Waals surface area (Å²) in [4.78, 5) is 22.4. The van der Waals surface area contributed by atoms with Crippen molar-refractivity contribution in [3.8, 4) is 6.07 Å². The fraction of sp³-hybridized carbons (Fsp3) is 0.379. The third kappa shape index (κ3) is 5.48. The van der Waals surface area contributed by atoms with E-state index in [0.717, 1.165) is 68.5 Å². The second kappa shape index (κ2) is 11.1. The monoisotopic (exact) mass is 498 g/mol. The Morgan fingerprint density at radius 1 is 1.14 bits per heavy atom. The van der Waals surface area contributed by atoms with Gasteiger partial charge in [-0.1, -0.05) is 0 Å². The first-order valence-corrected chi connectivity index (χ1v) is 13.0. The van der Waals surface area contributed by atoms with Crippen molar-refractivity contribution in [1.82, 2.24) is 14.8 Å². The third-order valence-corrected chi connectivity index (χ3v) is 7.33. The zero-order chi connectivity index (χ0) is 25.8. The second-order valence-electron chi connectivity index (χ2n) is 9.82. The predicted molar refractivity (Wildman–Crippen MR) is 147 cm³/mol. The Hall–Kier alpha value is -3.80. The number of fused-ring (bicyclic) bond motifs is 2. The molecule has 1 aliphatic heterocycles. The van der Waals surface area contributed by atoms with Gasteiger partial charge in [0.2, 0.25) is 0 Å². The van der Waals surface area contributed by atoms with Gasteiger partial charge in [-0.2, -0.15) is 5.26 Å². The molecule has 3 N–H and O–H groups in total. The topological polar surface area (TPSA) is 106 Å². The Labute approximate surface area is 217 Å². The number of furan rings is 1. The van der Waals surface area contributed by atoms with E-state index in [2.05, 4.69) is 39.2 Å². The van der Waals surface area contributed by atoms with Crippen LogP contribution in [0.1, 0.15) is 34.5 Å². The number of nitrogens with two attached hydrogens (primary N) is 1. The maximum Gasteiger partial charge on any atom is 0.289 e. The zero-order valence-electron chi connectivity index (χ0n) is 21.4. The van der Waals surface area contributed by atoms with E-state index in [0.29, 0.717) is 24.4 Å². The molecule has 3 heterocycles. The van der Waals surface area contributed by atoms with Crippen LogP contribution in [-0.4, -0.2) is 73.6 Å². The summed E-state index contributed by atoms with van der Waals surface area (Å²) >= 11 is 0. The first-order valence-electron chi connectivity index (χ1n) is 13.0. The number of aromatic amines is 1. The summed E-state index contributed by atoms with van der Waals surface area (Å²) < 4.78 is 5.80. The minimum absolute atomic E-state index is 0.145. The van der Waals surface area contributed by atoms with E-state index < -0.39 is 0 Å². The molecule has 37 heavy (non-hydrogen) atoms. The van der Waals surface area contributed by atoms with Gasteiger partial charge in [0.25, 0.3) is 5.91 Å². The standard InChI is InChI=1S/C29H34N6O2/c1-33(11-9-30)29(36)28-18-23-17-24(6-8-27(23)37-28)35-14-12-34(13-15-35)10-3-2-4-22-20-32-26-7-5-21(19-31)16-25(22)26/h5-8,16-18,20,32H,2-4,9-15,30H2,1H3. The molecule has 0 bridgehead atoms. The van der Waals surface area contributed by atoms with Crippen molar-refractivity contribution >= 4 is 33.5 Å². The zero-order valence-corrected chi connectivity index (χ0v) is 21.4. The van der Waals surface area contributed by atoms with E-state index in [1.54, 1.807) is 11.9 Å². The van der Waals surface area contributed by atoms with Crippen LogP contribution in [0, 0.1) is 11.3 Å². The fourth-order valence-corrected chi connectivity index (χ4v) is 5.15. The van der Waals surface area contributed by atoms with Gasteiger partial charge in [-0.25, -0.2) is 0 Å². The predicted octanol–water partition coefficient (Wildman–Crippen LogP) is 3.96. The third-order valence-electron chi connectivity index (χ3n) is 7.33. The van der Waals surface area contributed by atoms with Crippen LogP contribution in [0.25, 0.3) is 21.9 Å². The molecule has 8 nitrogen and oxygen atoms in total. The molecule has 0 radical (unpaired) electrons. The first kappa shape index (κ1) is 24.9. The number of piperazine rings is 1. The van der Waals surface area contributed by atoms with Crippen LogP contribution in [0.5, 0.6) is 0 Å². The summed E-state index contributed by atoms with van der Waals surface area (Å²) in [5.74, 6) is 0.208. The average Bonchev–Trinajstić information content (AvgIpc) is 3.54. The van der Waals surface area contributed by atoms with Crippen LogP contribution in [0.15, 0.2) is 53.1 Å². The van der Waals surface area contributed by atoms with E-state index in [1.165, 1.54) is 16.6 Å². The van der Waals surface area contributed by atoms with Crippen molar-refractivity contribution in [1.29, 1.82) is 5.26 Å². The summed E-state index contributed by atoms with van der Waals surface area (Å²) in [6.07, 6.45) is 5.38. The number of hydrogen-bond acceptors (Lipinski definition) is 6. The summed E-state index contributed by atoms with van der Waals surface area (Å²) in [6, 6.07) is 16.1. The number of unbranched alkanes of at least 4 members (excludes halogenated alkanes) is 1. The van der Waals surface area contributed by atoms with Crippen LogP contribution in [-0.2, 0) is 6.42 Å². The number of aryl methyl sites for hydroxylation is 1. The summed E-state index contributed by atoms with van der Waals surface area (Å²) in [6.45, 7) is 6.06. The number of carbonyl (C=O) groups excluding carboxylic acids is 1. The number of anilines is 1. The van der Waals surface area contributed by atoms with Crippen LogP contribution >= 0.6 is 0 Å². The van der Waals surface area contributed by atoms with E-state index in [4.69, 9.17) is 10.2 Å². The minimum atomic E-state index is -0.145. The van der Waals surface area contributed by atoms with Gasteiger partial charge in [-0.15, -0.1) is 0 Å². The number of amides is 1. The smallest absolute Gasteiger partial charge is 0.289 e. The largest absolute Gasteiger partial charge is 0.451 e. The molecule has 0 unspecified atom stereocenters. The highest BCUT2D eigenvalue weighted by atomic mass is 16.3. The quantitative estimate of drug-likeness (QED) is 0.339. The molecule has 2 aromatic carbocycles. The van der Waals surface area contributed by atoms with Crippen LogP contribution in [0.2, 0.25) is 0 Å². The molecule has 1 fully saturated rings. The first-order chi connectivity index (χ1) is 18.1. The van der Waals surface area contributed by atoms with E-state index in [-0.39, 0.29) is 5.91 Å². The van der Waals surface area contributed by atoms with Gasteiger partial charge in [0, 0.05) is 74.5 Å². The average molecular weight is 499 g/mol. The number of likely N-dealkylation sites (N-methyl/N-ethyl adjacent to an activating group) is 1. The van der Waals surface area contributed by atoms with Gasteiger partial charge in [0.05, 0.1) is 11.6 Å². The maximum atomic E-state index is 12.5. The molecule has 5 rings (SSSR count). The van der Waals surface area contributed by atoms with Gasteiger partial charge in [0.1, 0.15) is 5.58 Å². The molecule has 0 saturated carbocycles. The Balaban J connectivity index is 1.11. The van der Waals surface area contributed by atoms with E-state index >= 15 is 0 Å². The highest BCUT2D eigenvalue weighted by Gasteiger charge is 2.20. The molecule has 4 aromatic rings. The number of nitrogens with zero attached hydrogens (tertiary/aromatic N) is 4. The normalized spacial score (nSPS) is 14.4. The number of nitriles is 1. The van der Waals surface area contributed by atoms with Gasteiger partial charge in [0.15, 0.2) is 5.76 Å². The molecule has 0 atom stereocenters. The lowest BCUT2D eigenvalue weighted by Crippen LogP contribution is -2.46. The van der Waals surface area contributed by atoms with Crippen LogP contribution in [0.3, 0.4) is 0 Å². The van der Waals surface area contributed by atoms with E-state index in [1.807, 2.05) is 30.3 Å². The van der Waals surface area contributed by atoms with Gasteiger partial charge >= 0.3 is 0 Å². The molecule has 1 aliphatic rings.